The molecule has 2 amide bonds. The van der Waals surface area contributed by atoms with Gasteiger partial charge in [-0.05, 0) is 30.2 Å². The van der Waals surface area contributed by atoms with E-state index >= 15 is 0 Å². The maximum Gasteiger partial charge on any atom is 0.251 e. The summed E-state index contributed by atoms with van der Waals surface area (Å²) in [4.78, 5) is 25.4. The molecule has 0 aliphatic carbocycles. The Balaban J connectivity index is 1.73. The van der Waals surface area contributed by atoms with Crippen LogP contribution in [0, 0.1) is 5.92 Å². The van der Waals surface area contributed by atoms with Crippen LogP contribution in [-0.4, -0.2) is 28.1 Å². The molecule has 150 valence electrons. The molecule has 0 aliphatic heterocycles. The van der Waals surface area contributed by atoms with Gasteiger partial charge in [0.25, 0.3) is 5.91 Å². The maximum atomic E-state index is 12.9. The van der Waals surface area contributed by atoms with Gasteiger partial charge in [-0.3, -0.25) is 14.9 Å². The van der Waals surface area contributed by atoms with Gasteiger partial charge >= 0.3 is 0 Å². The Bertz CT molecular complexity index is 993. The highest BCUT2D eigenvalue weighted by molar-refractivity contribution is 7.18. The quantitative estimate of drug-likeness (QED) is 0.574. The number of hydrogen-bond acceptors (Lipinski definition) is 5. The Morgan fingerprint density at radius 3 is 2.55 bits per heavy atom. The van der Waals surface area contributed by atoms with E-state index < -0.39 is 6.04 Å². The van der Waals surface area contributed by atoms with E-state index in [0.717, 1.165) is 12.0 Å². The molecule has 3 aromatic rings. The largest absolute Gasteiger partial charge is 0.340 e. The summed E-state index contributed by atoms with van der Waals surface area (Å²) >= 11 is 7.27. The molecule has 2 atom stereocenters. The fourth-order valence-electron chi connectivity index (χ4n) is 2.71. The molecule has 0 saturated heterocycles. The number of carbonyl (C=O) groups excluding carboxylic acids is 2. The summed E-state index contributed by atoms with van der Waals surface area (Å²) in [5.41, 5.74) is 1.33. The van der Waals surface area contributed by atoms with Gasteiger partial charge < -0.3 is 5.32 Å². The van der Waals surface area contributed by atoms with E-state index in [0.29, 0.717) is 20.7 Å². The number of nitrogens with zero attached hydrogens (tertiary/aromatic N) is 2. The summed E-state index contributed by atoms with van der Waals surface area (Å²) in [5, 5.41) is 15.4. The van der Waals surface area contributed by atoms with Crippen LogP contribution in [-0.2, 0) is 4.79 Å². The lowest BCUT2D eigenvalue weighted by Gasteiger charge is -2.23. The highest BCUT2D eigenvalue weighted by Crippen LogP contribution is 2.28. The summed E-state index contributed by atoms with van der Waals surface area (Å²) in [6.45, 7) is 3.90. The van der Waals surface area contributed by atoms with Crippen molar-refractivity contribution in [3.63, 3.8) is 0 Å². The number of rotatable bonds is 7. The summed E-state index contributed by atoms with van der Waals surface area (Å²) in [5.74, 6) is -0.664. The van der Waals surface area contributed by atoms with Crippen LogP contribution >= 0.6 is 22.9 Å². The number of aromatic nitrogens is 2. The monoisotopic (exact) mass is 428 g/mol. The van der Waals surface area contributed by atoms with Crippen LogP contribution in [0.1, 0.15) is 30.6 Å². The van der Waals surface area contributed by atoms with Crippen molar-refractivity contribution in [2.75, 3.05) is 5.32 Å². The molecule has 6 nitrogen and oxygen atoms in total. The first-order chi connectivity index (χ1) is 14.0. The molecule has 0 spiro atoms. The van der Waals surface area contributed by atoms with E-state index in [4.69, 9.17) is 11.6 Å². The van der Waals surface area contributed by atoms with Gasteiger partial charge in [0.05, 0.1) is 0 Å². The Morgan fingerprint density at radius 1 is 1.10 bits per heavy atom. The molecule has 1 heterocycles. The third-order valence-electron chi connectivity index (χ3n) is 4.54. The zero-order valence-corrected chi connectivity index (χ0v) is 17.6. The lowest BCUT2D eigenvalue weighted by Crippen LogP contribution is -2.47. The average molecular weight is 429 g/mol. The second-order valence-corrected chi connectivity index (χ2v) is 8.03. The third-order valence-corrected chi connectivity index (χ3v) is 5.67. The molecule has 0 aliphatic rings. The van der Waals surface area contributed by atoms with Gasteiger partial charge in [-0.1, -0.05) is 73.5 Å². The number of hydrogen-bond donors (Lipinski definition) is 2. The molecular weight excluding hydrogens is 408 g/mol. The van der Waals surface area contributed by atoms with Gasteiger partial charge in [0.2, 0.25) is 11.0 Å². The summed E-state index contributed by atoms with van der Waals surface area (Å²) < 4.78 is 0. The van der Waals surface area contributed by atoms with Gasteiger partial charge in [0.15, 0.2) is 0 Å². The highest BCUT2D eigenvalue weighted by atomic mass is 35.5. The lowest BCUT2D eigenvalue weighted by atomic mass is 9.98. The first-order valence-corrected chi connectivity index (χ1v) is 10.4. The zero-order chi connectivity index (χ0) is 20.8. The first-order valence-electron chi connectivity index (χ1n) is 9.24. The minimum absolute atomic E-state index is 0.0528. The van der Waals surface area contributed by atoms with Crippen molar-refractivity contribution in [2.24, 2.45) is 5.92 Å². The maximum absolute atomic E-state index is 12.9. The molecule has 0 radical (unpaired) electrons. The van der Waals surface area contributed by atoms with E-state index in [2.05, 4.69) is 20.8 Å². The van der Waals surface area contributed by atoms with Crippen LogP contribution in [0.3, 0.4) is 0 Å². The van der Waals surface area contributed by atoms with Gasteiger partial charge in [0, 0.05) is 16.1 Å². The normalized spacial score (nSPS) is 12.8. The Morgan fingerprint density at radius 2 is 1.86 bits per heavy atom. The average Bonchev–Trinajstić information content (AvgIpc) is 3.20. The van der Waals surface area contributed by atoms with E-state index in [1.165, 1.54) is 11.3 Å². The van der Waals surface area contributed by atoms with Gasteiger partial charge in [-0.25, -0.2) is 0 Å². The van der Waals surface area contributed by atoms with Crippen LogP contribution < -0.4 is 10.6 Å². The summed E-state index contributed by atoms with van der Waals surface area (Å²) in [6.07, 6.45) is 0.733. The van der Waals surface area contributed by atoms with Crippen molar-refractivity contribution in [1.82, 2.24) is 15.5 Å². The SMILES string of the molecule is CCC(C)C(NC(=O)c1ccccc1)C(=O)Nc1nnc(-c2cccc(Cl)c2)s1. The number of amides is 2. The van der Waals surface area contributed by atoms with Gasteiger partial charge in [0.1, 0.15) is 11.0 Å². The van der Waals surface area contributed by atoms with Crippen molar-refractivity contribution in [2.45, 2.75) is 26.3 Å². The van der Waals surface area contributed by atoms with Gasteiger partial charge in [-0.2, -0.15) is 0 Å². The van der Waals surface area contributed by atoms with Crippen LogP contribution in [0.15, 0.2) is 54.6 Å². The Hall–Kier alpha value is -2.77. The van der Waals surface area contributed by atoms with Crippen molar-refractivity contribution in [1.29, 1.82) is 0 Å². The molecule has 1 aromatic heterocycles. The number of nitrogens with one attached hydrogen (secondary N) is 2. The predicted molar refractivity (Wildman–Crippen MR) is 116 cm³/mol. The first kappa shape index (κ1) is 21.0. The van der Waals surface area contributed by atoms with Crippen LogP contribution in [0.4, 0.5) is 5.13 Å². The van der Waals surface area contributed by atoms with Crippen molar-refractivity contribution < 1.29 is 9.59 Å². The predicted octanol–water partition coefficient (Wildman–Crippen LogP) is 4.64. The Kier molecular flexibility index (Phi) is 6.95. The Labute approximate surface area is 178 Å². The standard InChI is InChI=1S/C21H21ClN4O2S/c1-3-13(2)17(23-18(27)14-8-5-4-6-9-14)19(28)24-21-26-25-20(29-21)15-10-7-11-16(22)12-15/h4-13,17H,3H2,1-2H3,(H,23,27)(H,24,26,28). The topological polar surface area (TPSA) is 84.0 Å². The van der Waals surface area contributed by atoms with Crippen molar-refractivity contribution in [3.05, 3.63) is 65.2 Å². The molecule has 3 rings (SSSR count). The van der Waals surface area contributed by atoms with Crippen LogP contribution in [0.2, 0.25) is 5.02 Å². The number of carbonyl (C=O) groups is 2. The molecule has 0 bridgehead atoms. The summed E-state index contributed by atoms with van der Waals surface area (Å²) in [7, 11) is 0. The van der Waals surface area contributed by atoms with Gasteiger partial charge in [-0.15, -0.1) is 10.2 Å². The molecule has 0 fully saturated rings. The minimum Gasteiger partial charge on any atom is -0.340 e. The molecule has 8 heteroatoms. The smallest absolute Gasteiger partial charge is 0.251 e. The second-order valence-electron chi connectivity index (χ2n) is 6.61. The van der Waals surface area contributed by atoms with Crippen molar-refractivity contribution >= 4 is 39.9 Å². The molecule has 2 N–H and O–H groups in total. The molecule has 0 saturated carbocycles. The zero-order valence-electron chi connectivity index (χ0n) is 16.1. The second kappa shape index (κ2) is 9.62. The van der Waals surface area contributed by atoms with E-state index in [1.807, 2.05) is 32.0 Å². The molecule has 2 aromatic carbocycles. The van der Waals surface area contributed by atoms with E-state index in [-0.39, 0.29) is 17.7 Å². The fourth-order valence-corrected chi connectivity index (χ4v) is 3.64. The molecule has 29 heavy (non-hydrogen) atoms. The number of anilines is 1. The number of benzene rings is 2. The van der Waals surface area contributed by atoms with Crippen molar-refractivity contribution in [3.8, 4) is 10.6 Å². The van der Waals surface area contributed by atoms with Crippen LogP contribution in [0.5, 0.6) is 0 Å². The molecule has 2 unspecified atom stereocenters. The van der Waals surface area contributed by atoms with E-state index in [1.54, 1.807) is 36.4 Å². The lowest BCUT2D eigenvalue weighted by molar-refractivity contribution is -0.119. The highest BCUT2D eigenvalue weighted by Gasteiger charge is 2.27. The minimum atomic E-state index is -0.689. The fraction of sp³-hybridized carbons (Fsp3) is 0.238. The summed E-state index contributed by atoms with van der Waals surface area (Å²) in [6, 6.07) is 15.4. The van der Waals surface area contributed by atoms with E-state index in [9.17, 15) is 9.59 Å². The van der Waals surface area contributed by atoms with Crippen LogP contribution in [0.25, 0.3) is 10.6 Å². The number of halogens is 1. The third kappa shape index (κ3) is 5.40. The molecular formula is C21H21ClN4O2S.